The van der Waals surface area contributed by atoms with Crippen molar-refractivity contribution < 1.29 is 9.18 Å². The molecule has 0 fully saturated rings. The van der Waals surface area contributed by atoms with Crippen LogP contribution in [0.25, 0.3) is 5.69 Å². The quantitative estimate of drug-likeness (QED) is 0.722. The maximum absolute atomic E-state index is 13.5. The molecule has 0 radical (unpaired) electrons. The molecule has 2 aromatic carbocycles. The van der Waals surface area contributed by atoms with Crippen molar-refractivity contribution in [2.24, 2.45) is 0 Å². The first-order valence-corrected chi connectivity index (χ1v) is 8.26. The molecule has 0 bridgehead atoms. The fourth-order valence-corrected chi connectivity index (χ4v) is 2.81. The lowest BCUT2D eigenvalue weighted by molar-refractivity contribution is -0.113. The van der Waals surface area contributed by atoms with Crippen LogP contribution in [0.1, 0.15) is 5.56 Å². The topological polar surface area (TPSA) is 59.8 Å². The van der Waals surface area contributed by atoms with Crippen molar-refractivity contribution in [2.45, 2.75) is 12.1 Å². The second-order valence-electron chi connectivity index (χ2n) is 5.14. The van der Waals surface area contributed by atoms with Gasteiger partial charge in [0, 0.05) is 5.69 Å². The highest BCUT2D eigenvalue weighted by Gasteiger charge is 2.11. The Morgan fingerprint density at radius 3 is 2.71 bits per heavy atom. The molecule has 5 nitrogen and oxygen atoms in total. The Bertz CT molecular complexity index is 848. The third-order valence-electron chi connectivity index (χ3n) is 3.31. The fraction of sp³-hybridized carbons (Fsp3) is 0.118. The molecule has 0 aliphatic rings. The highest BCUT2D eigenvalue weighted by Crippen LogP contribution is 2.20. The van der Waals surface area contributed by atoms with E-state index in [1.54, 1.807) is 23.0 Å². The van der Waals surface area contributed by atoms with Crippen LogP contribution in [0.2, 0.25) is 0 Å². The van der Waals surface area contributed by atoms with Crippen LogP contribution in [-0.4, -0.2) is 26.4 Å². The molecule has 7 heteroatoms. The number of para-hydroxylation sites is 1. The summed E-state index contributed by atoms with van der Waals surface area (Å²) in [5, 5.41) is 11.1. The summed E-state index contributed by atoms with van der Waals surface area (Å²) >= 11 is 1.24. The minimum Gasteiger partial charge on any atom is -0.323 e. The molecular formula is C17H15FN4OS. The summed E-state index contributed by atoms with van der Waals surface area (Å²) in [4.78, 5) is 12.0. The van der Waals surface area contributed by atoms with Crippen LogP contribution in [0.5, 0.6) is 0 Å². The van der Waals surface area contributed by atoms with Crippen molar-refractivity contribution in [3.05, 3.63) is 66.2 Å². The van der Waals surface area contributed by atoms with Crippen molar-refractivity contribution in [3.8, 4) is 5.69 Å². The number of carbonyl (C=O) groups excluding carboxylic acids is 1. The Hall–Kier alpha value is -2.67. The Labute approximate surface area is 142 Å². The Morgan fingerprint density at radius 1 is 1.21 bits per heavy atom. The van der Waals surface area contributed by atoms with Crippen LogP contribution in [-0.2, 0) is 4.79 Å². The van der Waals surface area contributed by atoms with Crippen molar-refractivity contribution in [2.75, 3.05) is 11.1 Å². The lowest BCUT2D eigenvalue weighted by atomic mass is 10.2. The zero-order chi connectivity index (χ0) is 16.9. The van der Waals surface area contributed by atoms with E-state index in [1.807, 2.05) is 31.2 Å². The molecule has 1 heterocycles. The normalized spacial score (nSPS) is 10.6. The maximum Gasteiger partial charge on any atom is 0.234 e. The van der Waals surface area contributed by atoms with E-state index >= 15 is 0 Å². The van der Waals surface area contributed by atoms with Gasteiger partial charge in [-0.05, 0) is 31.2 Å². The summed E-state index contributed by atoms with van der Waals surface area (Å²) < 4.78 is 15.3. The predicted molar refractivity (Wildman–Crippen MR) is 91.8 cm³/mol. The number of thioether (sulfide) groups is 1. The highest BCUT2D eigenvalue weighted by molar-refractivity contribution is 7.99. The average molecular weight is 342 g/mol. The molecule has 1 N–H and O–H groups in total. The minimum atomic E-state index is -0.460. The average Bonchev–Trinajstić information content (AvgIpc) is 3.04. The van der Waals surface area contributed by atoms with Crippen LogP contribution >= 0.6 is 11.8 Å². The molecule has 3 aromatic rings. The summed E-state index contributed by atoms with van der Waals surface area (Å²) in [7, 11) is 0. The van der Waals surface area contributed by atoms with E-state index in [0.717, 1.165) is 11.3 Å². The number of halogens is 1. The van der Waals surface area contributed by atoms with E-state index in [4.69, 9.17) is 0 Å². The zero-order valence-corrected chi connectivity index (χ0v) is 13.8. The maximum atomic E-state index is 13.5. The Morgan fingerprint density at radius 2 is 1.96 bits per heavy atom. The van der Waals surface area contributed by atoms with Crippen LogP contribution in [0.3, 0.4) is 0 Å². The third kappa shape index (κ3) is 3.80. The lowest BCUT2D eigenvalue weighted by Crippen LogP contribution is -2.15. The second-order valence-corrected chi connectivity index (χ2v) is 6.08. The SMILES string of the molecule is Cc1ccc(-n2cnnc2SCC(=O)Nc2ccccc2F)cc1. The third-order valence-corrected chi connectivity index (χ3v) is 4.25. The van der Waals surface area contributed by atoms with Gasteiger partial charge in [0.05, 0.1) is 11.4 Å². The molecule has 0 spiro atoms. The van der Waals surface area contributed by atoms with Crippen molar-refractivity contribution in [1.29, 1.82) is 0 Å². The van der Waals surface area contributed by atoms with E-state index < -0.39 is 5.82 Å². The number of aryl methyl sites for hydroxylation is 1. The number of nitrogens with zero attached hydrogens (tertiary/aromatic N) is 3. The molecule has 1 aromatic heterocycles. The lowest BCUT2D eigenvalue weighted by Gasteiger charge is -2.07. The van der Waals surface area contributed by atoms with Crippen LogP contribution in [0.4, 0.5) is 10.1 Å². The van der Waals surface area contributed by atoms with E-state index in [2.05, 4.69) is 15.5 Å². The van der Waals surface area contributed by atoms with E-state index in [0.29, 0.717) is 5.16 Å². The molecule has 3 rings (SSSR count). The molecule has 0 saturated heterocycles. The molecular weight excluding hydrogens is 327 g/mol. The summed E-state index contributed by atoms with van der Waals surface area (Å²) in [6, 6.07) is 14.0. The molecule has 0 unspecified atom stereocenters. The van der Waals surface area contributed by atoms with Gasteiger partial charge in [-0.2, -0.15) is 0 Å². The monoisotopic (exact) mass is 342 g/mol. The number of hydrogen-bond donors (Lipinski definition) is 1. The largest absolute Gasteiger partial charge is 0.323 e. The van der Waals surface area contributed by atoms with E-state index in [1.165, 1.54) is 23.9 Å². The number of benzene rings is 2. The number of rotatable bonds is 5. The van der Waals surface area contributed by atoms with Crippen LogP contribution in [0.15, 0.2) is 60.0 Å². The molecule has 24 heavy (non-hydrogen) atoms. The van der Waals surface area contributed by atoms with Crippen molar-refractivity contribution in [1.82, 2.24) is 14.8 Å². The number of amides is 1. The van der Waals surface area contributed by atoms with Gasteiger partial charge in [0.15, 0.2) is 5.16 Å². The van der Waals surface area contributed by atoms with Gasteiger partial charge in [-0.3, -0.25) is 9.36 Å². The van der Waals surface area contributed by atoms with Crippen LogP contribution in [0, 0.1) is 12.7 Å². The van der Waals surface area contributed by atoms with Gasteiger partial charge in [0.25, 0.3) is 0 Å². The number of hydrogen-bond acceptors (Lipinski definition) is 4. The summed E-state index contributed by atoms with van der Waals surface area (Å²) in [5.74, 6) is -0.652. The predicted octanol–water partition coefficient (Wildman–Crippen LogP) is 3.45. The number of nitrogens with one attached hydrogen (secondary N) is 1. The van der Waals surface area contributed by atoms with E-state index in [9.17, 15) is 9.18 Å². The summed E-state index contributed by atoms with van der Waals surface area (Å²) in [5.41, 5.74) is 2.25. The van der Waals surface area contributed by atoms with Gasteiger partial charge in [-0.25, -0.2) is 4.39 Å². The fourth-order valence-electron chi connectivity index (χ4n) is 2.08. The highest BCUT2D eigenvalue weighted by atomic mass is 32.2. The van der Waals surface area contributed by atoms with Crippen molar-refractivity contribution in [3.63, 3.8) is 0 Å². The molecule has 0 aliphatic carbocycles. The van der Waals surface area contributed by atoms with Gasteiger partial charge in [0.2, 0.25) is 5.91 Å². The van der Waals surface area contributed by atoms with Gasteiger partial charge in [-0.15, -0.1) is 10.2 Å². The molecule has 0 saturated carbocycles. The van der Waals surface area contributed by atoms with Gasteiger partial charge in [-0.1, -0.05) is 41.6 Å². The molecule has 0 aliphatic heterocycles. The number of carbonyl (C=O) groups is 1. The number of anilines is 1. The van der Waals surface area contributed by atoms with Crippen molar-refractivity contribution >= 4 is 23.4 Å². The Balaban J connectivity index is 1.65. The first-order chi connectivity index (χ1) is 11.6. The van der Waals surface area contributed by atoms with Gasteiger partial charge >= 0.3 is 0 Å². The second kappa shape index (κ2) is 7.27. The summed E-state index contributed by atoms with van der Waals surface area (Å²) in [6.07, 6.45) is 1.60. The first-order valence-electron chi connectivity index (χ1n) is 7.28. The van der Waals surface area contributed by atoms with Crippen LogP contribution < -0.4 is 5.32 Å². The molecule has 0 atom stereocenters. The number of aromatic nitrogens is 3. The smallest absolute Gasteiger partial charge is 0.234 e. The standard InChI is InChI=1S/C17H15FN4OS/c1-12-6-8-13(9-7-12)22-11-19-21-17(22)24-10-16(23)20-15-5-3-2-4-14(15)18/h2-9,11H,10H2,1H3,(H,20,23). The molecule has 1 amide bonds. The molecule has 122 valence electrons. The zero-order valence-electron chi connectivity index (χ0n) is 12.9. The summed E-state index contributed by atoms with van der Waals surface area (Å²) in [6.45, 7) is 2.01. The first kappa shape index (κ1) is 16.2. The minimum absolute atomic E-state index is 0.110. The van der Waals surface area contributed by atoms with Gasteiger partial charge in [0.1, 0.15) is 12.1 Å². The van der Waals surface area contributed by atoms with E-state index in [-0.39, 0.29) is 17.3 Å². The van der Waals surface area contributed by atoms with Gasteiger partial charge < -0.3 is 5.32 Å². The Kier molecular flexibility index (Phi) is 4.90.